The minimum absolute atomic E-state index is 0.00926. The standard InChI is InChI=1S/C42H68N12O15/c1-20(2)15-28(52-34(61)22(5)48-37(64)26(7-6-14-46-42(44)45)50-35(62)25(43)18-55)36(63)47-17-31(58)49-29(16-23-8-10-24(57)11-9-23)38(65)54-33(21(3)4)40(67)53-30(19-56)39(66)51-27(41(68)69)12-13-32(59)60/h8-11,20-22,25-30,33,55-57H,6-7,12-19,43H2,1-5H3,(H,47,63)(H,48,64)(H,49,58)(H,50,62)(H,51,66)(H,52,61)(H,53,67)(H,54,65)(H,59,60)(H,68,69)(H4,44,45,46)/t22-,25-,26-,27-,28-,29-,30-,33-/m0/s1. The zero-order valence-electron chi connectivity index (χ0n) is 39.2. The van der Waals surface area contributed by atoms with E-state index in [0.717, 1.165) is 0 Å². The highest BCUT2D eigenvalue weighted by Crippen LogP contribution is 2.13. The molecule has 27 nitrogen and oxygen atoms in total. The van der Waals surface area contributed by atoms with Crippen molar-refractivity contribution in [1.82, 2.24) is 42.5 Å². The molecule has 0 heterocycles. The van der Waals surface area contributed by atoms with Crippen molar-refractivity contribution in [1.29, 1.82) is 0 Å². The Balaban J connectivity index is 3.19. The van der Waals surface area contributed by atoms with Crippen LogP contribution in [0, 0.1) is 11.8 Å². The molecule has 0 aliphatic heterocycles. The summed E-state index contributed by atoms with van der Waals surface area (Å²) in [7, 11) is 0. The van der Waals surface area contributed by atoms with Gasteiger partial charge in [0.1, 0.15) is 54.1 Å². The van der Waals surface area contributed by atoms with E-state index in [9.17, 15) is 68.4 Å². The zero-order valence-corrected chi connectivity index (χ0v) is 39.2. The highest BCUT2D eigenvalue weighted by Gasteiger charge is 2.34. The summed E-state index contributed by atoms with van der Waals surface area (Å²) in [5.74, 6) is -11.3. The molecule has 8 atom stereocenters. The molecule has 27 heteroatoms. The fourth-order valence-corrected chi connectivity index (χ4v) is 6.17. The number of carboxylic acids is 2. The number of hydrogen-bond donors (Lipinski definition) is 16. The number of carbonyl (C=O) groups is 10. The molecular weight excluding hydrogens is 913 g/mol. The first-order chi connectivity index (χ1) is 32.3. The summed E-state index contributed by atoms with van der Waals surface area (Å²) >= 11 is 0. The van der Waals surface area contributed by atoms with Crippen molar-refractivity contribution in [3.05, 3.63) is 29.8 Å². The number of nitrogens with two attached hydrogens (primary N) is 3. The number of carboxylic acid groups (broad SMARTS) is 2. The number of nitrogens with zero attached hydrogens (tertiary/aromatic N) is 1. The van der Waals surface area contributed by atoms with Gasteiger partial charge in [-0.2, -0.15) is 0 Å². The summed E-state index contributed by atoms with van der Waals surface area (Å²) in [6, 6.07) is -5.76. The molecule has 1 rings (SSSR count). The van der Waals surface area contributed by atoms with Gasteiger partial charge in [0.15, 0.2) is 5.96 Å². The van der Waals surface area contributed by atoms with Crippen LogP contribution < -0.4 is 59.7 Å². The number of benzene rings is 1. The van der Waals surface area contributed by atoms with Crippen LogP contribution in [0.4, 0.5) is 0 Å². The minimum atomic E-state index is -1.73. The lowest BCUT2D eigenvalue weighted by Gasteiger charge is -2.27. The summed E-state index contributed by atoms with van der Waals surface area (Å²) < 4.78 is 0. The molecule has 0 aliphatic rings. The third kappa shape index (κ3) is 23.0. The Kier molecular flexibility index (Phi) is 26.3. The highest BCUT2D eigenvalue weighted by atomic mass is 16.4. The van der Waals surface area contributed by atoms with E-state index in [0.29, 0.717) is 5.56 Å². The molecule has 0 bridgehead atoms. The third-order valence-corrected chi connectivity index (χ3v) is 9.98. The Bertz CT molecular complexity index is 1960. The Labute approximate surface area is 397 Å². The SMILES string of the molecule is CC(C)C[C@H](NC(=O)[C@H](C)NC(=O)[C@H](CCCN=C(N)N)NC(=O)[C@@H](N)CO)C(=O)NCC(=O)N[C@@H](Cc1ccc(O)cc1)C(=O)N[C@H](C(=O)N[C@@H](CO)C(=O)N[C@@H](CCC(=O)O)C(=O)O)C(C)C. The first-order valence-electron chi connectivity index (χ1n) is 21.9. The summed E-state index contributed by atoms with van der Waals surface area (Å²) in [4.78, 5) is 132. The number of aliphatic hydroxyl groups excluding tert-OH is 2. The van der Waals surface area contributed by atoms with Crippen molar-refractivity contribution < 1.29 is 73.5 Å². The Morgan fingerprint density at radius 3 is 1.72 bits per heavy atom. The molecule has 0 spiro atoms. The minimum Gasteiger partial charge on any atom is -0.508 e. The predicted octanol–water partition coefficient (Wildman–Crippen LogP) is -5.52. The lowest BCUT2D eigenvalue weighted by molar-refractivity contribution is -0.143. The smallest absolute Gasteiger partial charge is 0.326 e. The quantitative estimate of drug-likeness (QED) is 0.0187. The van der Waals surface area contributed by atoms with Gasteiger partial charge in [-0.3, -0.25) is 48.1 Å². The number of rotatable bonds is 31. The van der Waals surface area contributed by atoms with Crippen molar-refractivity contribution in [3.63, 3.8) is 0 Å². The van der Waals surface area contributed by atoms with Gasteiger partial charge in [0.25, 0.3) is 0 Å². The van der Waals surface area contributed by atoms with Crippen LogP contribution in [-0.4, -0.2) is 165 Å². The van der Waals surface area contributed by atoms with E-state index in [1.165, 1.54) is 45.0 Å². The molecule has 8 amide bonds. The zero-order chi connectivity index (χ0) is 52.5. The molecule has 0 unspecified atom stereocenters. The number of hydrogen-bond acceptors (Lipinski definition) is 15. The fourth-order valence-electron chi connectivity index (χ4n) is 6.17. The predicted molar refractivity (Wildman–Crippen MR) is 245 cm³/mol. The van der Waals surface area contributed by atoms with Crippen molar-refractivity contribution in [2.45, 2.75) is 121 Å². The molecule has 0 fully saturated rings. The molecule has 69 heavy (non-hydrogen) atoms. The number of aliphatic imine (C=N–C) groups is 1. The number of amides is 8. The van der Waals surface area contributed by atoms with Crippen molar-refractivity contribution in [2.75, 3.05) is 26.3 Å². The number of nitrogens with one attached hydrogen (secondary N) is 8. The van der Waals surface area contributed by atoms with E-state index in [4.69, 9.17) is 22.3 Å². The molecule has 0 aromatic heterocycles. The van der Waals surface area contributed by atoms with Gasteiger partial charge in [-0.25, -0.2) is 4.79 Å². The van der Waals surface area contributed by atoms with Crippen molar-refractivity contribution in [2.24, 2.45) is 34.0 Å². The number of aliphatic hydroxyl groups is 2. The second-order valence-electron chi connectivity index (χ2n) is 16.7. The number of guanidine groups is 1. The average molecular weight is 981 g/mol. The Morgan fingerprint density at radius 2 is 1.19 bits per heavy atom. The van der Waals surface area contributed by atoms with E-state index >= 15 is 0 Å². The molecule has 0 saturated heterocycles. The summed E-state index contributed by atoms with van der Waals surface area (Å²) in [6.45, 7) is 5.55. The van der Waals surface area contributed by atoms with Gasteiger partial charge in [-0.05, 0) is 62.1 Å². The molecule has 19 N–H and O–H groups in total. The van der Waals surface area contributed by atoms with Gasteiger partial charge in [0.2, 0.25) is 47.3 Å². The third-order valence-electron chi connectivity index (χ3n) is 9.98. The van der Waals surface area contributed by atoms with Gasteiger partial charge < -0.3 is 85.3 Å². The van der Waals surface area contributed by atoms with E-state index in [2.05, 4.69) is 47.5 Å². The van der Waals surface area contributed by atoms with Crippen LogP contribution in [0.25, 0.3) is 0 Å². The summed E-state index contributed by atoms with van der Waals surface area (Å²) in [6.07, 6.45) is -1.02. The van der Waals surface area contributed by atoms with Crippen molar-refractivity contribution in [3.8, 4) is 5.75 Å². The fraction of sp³-hybridized carbons (Fsp3) is 0.595. The number of aliphatic carboxylic acids is 2. The van der Waals surface area contributed by atoms with Crippen LogP contribution in [0.2, 0.25) is 0 Å². The highest BCUT2D eigenvalue weighted by molar-refractivity contribution is 5.97. The van der Waals surface area contributed by atoms with Crippen LogP contribution >= 0.6 is 0 Å². The van der Waals surface area contributed by atoms with E-state index in [1.54, 1.807) is 13.8 Å². The Morgan fingerprint density at radius 1 is 0.623 bits per heavy atom. The monoisotopic (exact) mass is 980 g/mol. The molecule has 1 aromatic rings. The van der Waals surface area contributed by atoms with Gasteiger partial charge in [0, 0.05) is 19.4 Å². The molecule has 386 valence electrons. The molecule has 0 saturated carbocycles. The Hall–Kier alpha value is -7.13. The van der Waals surface area contributed by atoms with Gasteiger partial charge >= 0.3 is 11.9 Å². The van der Waals surface area contributed by atoms with E-state index in [1.807, 2.05) is 0 Å². The van der Waals surface area contributed by atoms with Gasteiger partial charge in [-0.15, -0.1) is 0 Å². The first-order valence-corrected chi connectivity index (χ1v) is 21.9. The maximum absolute atomic E-state index is 13.9. The largest absolute Gasteiger partial charge is 0.508 e. The van der Waals surface area contributed by atoms with E-state index in [-0.39, 0.29) is 49.9 Å². The molecule has 1 aromatic carbocycles. The molecule has 0 aliphatic carbocycles. The second-order valence-corrected chi connectivity index (χ2v) is 16.7. The average Bonchev–Trinajstić information content (AvgIpc) is 3.27. The lowest BCUT2D eigenvalue weighted by Crippen LogP contribution is -2.60. The normalized spacial score (nSPS) is 14.5. The summed E-state index contributed by atoms with van der Waals surface area (Å²) in [5, 5.41) is 66.4. The van der Waals surface area contributed by atoms with Crippen molar-refractivity contribution >= 4 is 65.2 Å². The van der Waals surface area contributed by atoms with Gasteiger partial charge in [0.05, 0.1) is 19.8 Å². The van der Waals surface area contributed by atoms with Crippen LogP contribution in [0.1, 0.15) is 72.3 Å². The van der Waals surface area contributed by atoms with Crippen LogP contribution in [0.3, 0.4) is 0 Å². The summed E-state index contributed by atoms with van der Waals surface area (Å²) in [5.41, 5.74) is 16.7. The number of phenols is 1. The van der Waals surface area contributed by atoms with Crippen LogP contribution in [0.5, 0.6) is 5.75 Å². The topological polar surface area (TPSA) is 459 Å². The lowest BCUT2D eigenvalue weighted by atomic mass is 10.0. The maximum Gasteiger partial charge on any atom is 0.326 e. The van der Waals surface area contributed by atoms with Crippen LogP contribution in [-0.2, 0) is 54.4 Å². The molecular formula is C42H68N12O15. The number of phenolic OH excluding ortho intramolecular Hbond substituents is 1. The van der Waals surface area contributed by atoms with Gasteiger partial charge in [-0.1, -0.05) is 39.8 Å². The second kappa shape index (κ2) is 30.3. The van der Waals surface area contributed by atoms with E-state index < -0.39 is 146 Å². The van der Waals surface area contributed by atoms with Crippen LogP contribution in [0.15, 0.2) is 29.3 Å². The number of carbonyl (C=O) groups excluding carboxylic acids is 8. The molecule has 0 radical (unpaired) electrons. The number of aromatic hydroxyl groups is 1. The maximum atomic E-state index is 13.9. The first kappa shape index (κ1) is 59.9.